The second-order valence-corrected chi connectivity index (χ2v) is 12.1. The predicted octanol–water partition coefficient (Wildman–Crippen LogP) is 3.06. The summed E-state index contributed by atoms with van der Waals surface area (Å²) in [7, 11) is -7.65. The van der Waals surface area contributed by atoms with Gasteiger partial charge in [-0.3, -0.25) is 4.57 Å². The van der Waals surface area contributed by atoms with Gasteiger partial charge in [0.2, 0.25) is 20.0 Å². The third-order valence-corrected chi connectivity index (χ3v) is 9.38. The number of hydrogen-bond donors (Lipinski definition) is 1. The highest BCUT2D eigenvalue weighted by Crippen LogP contribution is 2.26. The lowest BCUT2D eigenvalue weighted by atomic mass is 10.2. The quantitative estimate of drug-likeness (QED) is 0.448. The van der Waals surface area contributed by atoms with E-state index in [2.05, 4.69) is 9.71 Å². The van der Waals surface area contributed by atoms with Gasteiger partial charge in [0.05, 0.1) is 40.9 Å². The number of benzene rings is 2. The van der Waals surface area contributed by atoms with Gasteiger partial charge in [0, 0.05) is 19.6 Å². The largest absolute Gasteiger partial charge is 0.426 e. The topological polar surface area (TPSA) is 120 Å². The molecule has 3 aromatic rings. The van der Waals surface area contributed by atoms with Crippen LogP contribution in [0.15, 0.2) is 64.5 Å². The third kappa shape index (κ3) is 5.62. The first-order valence-corrected chi connectivity index (χ1v) is 14.5. The fourth-order valence-corrected chi connectivity index (χ4v) is 6.54. The van der Waals surface area contributed by atoms with Gasteiger partial charge in [0.25, 0.3) is 0 Å². The SMILES string of the molecule is CCn1c(C(C)NS(=O)(=O)c2ccc(S(=O)(=O)N3CCOCC3)cc2)cnc1Oc1ccc(C)cc1. The van der Waals surface area contributed by atoms with Crippen molar-refractivity contribution in [2.75, 3.05) is 26.3 Å². The normalized spacial score (nSPS) is 16.1. The molecule has 1 aliphatic heterocycles. The van der Waals surface area contributed by atoms with E-state index in [1.807, 2.05) is 38.1 Å². The van der Waals surface area contributed by atoms with E-state index in [9.17, 15) is 16.8 Å². The lowest BCUT2D eigenvalue weighted by Gasteiger charge is -2.26. The Labute approximate surface area is 212 Å². The standard InChI is InChI=1S/C24H30N4O6S2/c1-4-28-23(17-25-24(28)34-20-7-5-18(2)6-8-20)19(3)26-35(29,30)21-9-11-22(12-10-21)36(31,32)27-13-15-33-16-14-27/h5-12,17,19,26H,4,13-16H2,1-3H3. The Balaban J connectivity index is 1.50. The lowest BCUT2D eigenvalue weighted by Crippen LogP contribution is -2.40. The molecule has 1 aliphatic rings. The van der Waals surface area contributed by atoms with Crippen molar-refractivity contribution in [1.29, 1.82) is 0 Å². The maximum absolute atomic E-state index is 13.1. The number of aromatic nitrogens is 2. The minimum atomic E-state index is -3.93. The van der Waals surface area contributed by atoms with E-state index in [-0.39, 0.29) is 22.9 Å². The van der Waals surface area contributed by atoms with Crippen molar-refractivity contribution in [3.63, 3.8) is 0 Å². The molecule has 1 saturated heterocycles. The first-order valence-electron chi connectivity index (χ1n) is 11.6. The van der Waals surface area contributed by atoms with E-state index in [0.29, 0.717) is 37.2 Å². The number of nitrogens with one attached hydrogen (secondary N) is 1. The molecule has 1 N–H and O–H groups in total. The van der Waals surface area contributed by atoms with Gasteiger partial charge in [-0.15, -0.1) is 0 Å². The minimum Gasteiger partial charge on any atom is -0.426 e. The van der Waals surface area contributed by atoms with Crippen molar-refractivity contribution in [3.8, 4) is 11.8 Å². The average Bonchev–Trinajstić information content (AvgIpc) is 3.28. The summed E-state index contributed by atoms with van der Waals surface area (Å²) in [6, 6.07) is 12.5. The average molecular weight is 535 g/mol. The van der Waals surface area contributed by atoms with Crippen LogP contribution >= 0.6 is 0 Å². The first kappa shape index (κ1) is 26.3. The van der Waals surface area contributed by atoms with Crippen molar-refractivity contribution in [1.82, 2.24) is 18.6 Å². The van der Waals surface area contributed by atoms with Gasteiger partial charge in [-0.25, -0.2) is 26.5 Å². The number of ether oxygens (including phenoxy) is 2. The van der Waals surface area contributed by atoms with Gasteiger partial charge in [-0.1, -0.05) is 17.7 Å². The number of nitrogens with zero attached hydrogens (tertiary/aromatic N) is 3. The van der Waals surface area contributed by atoms with E-state index in [1.165, 1.54) is 28.6 Å². The fourth-order valence-electron chi connectivity index (χ4n) is 3.92. The molecule has 2 aromatic carbocycles. The molecule has 0 aliphatic carbocycles. The lowest BCUT2D eigenvalue weighted by molar-refractivity contribution is 0.0730. The predicted molar refractivity (Wildman–Crippen MR) is 134 cm³/mol. The molecule has 1 fully saturated rings. The van der Waals surface area contributed by atoms with E-state index < -0.39 is 26.1 Å². The summed E-state index contributed by atoms with van der Waals surface area (Å²) in [4.78, 5) is 4.34. The van der Waals surface area contributed by atoms with Gasteiger partial charge in [0.15, 0.2) is 0 Å². The summed E-state index contributed by atoms with van der Waals surface area (Å²) in [5.41, 5.74) is 1.74. The molecular formula is C24H30N4O6S2. The van der Waals surface area contributed by atoms with Crippen molar-refractivity contribution < 1.29 is 26.3 Å². The molecule has 36 heavy (non-hydrogen) atoms. The highest BCUT2D eigenvalue weighted by Gasteiger charge is 2.27. The van der Waals surface area contributed by atoms with Crippen LogP contribution < -0.4 is 9.46 Å². The van der Waals surface area contributed by atoms with Crippen molar-refractivity contribution in [2.24, 2.45) is 0 Å². The van der Waals surface area contributed by atoms with Gasteiger partial charge >= 0.3 is 6.01 Å². The Hall–Kier alpha value is -2.77. The second-order valence-electron chi connectivity index (χ2n) is 8.46. The molecule has 10 nitrogen and oxygen atoms in total. The molecule has 0 radical (unpaired) electrons. The molecule has 12 heteroatoms. The third-order valence-electron chi connectivity index (χ3n) is 5.91. The van der Waals surface area contributed by atoms with Crippen LogP contribution in [0.1, 0.15) is 31.1 Å². The van der Waals surface area contributed by atoms with Crippen molar-refractivity contribution >= 4 is 20.0 Å². The zero-order chi connectivity index (χ0) is 25.9. The Morgan fingerprint density at radius 3 is 2.22 bits per heavy atom. The van der Waals surface area contributed by atoms with Crippen LogP contribution in [-0.4, -0.2) is 57.0 Å². The van der Waals surface area contributed by atoms with E-state index in [4.69, 9.17) is 9.47 Å². The molecule has 0 bridgehead atoms. The van der Waals surface area contributed by atoms with E-state index in [1.54, 1.807) is 17.7 Å². The van der Waals surface area contributed by atoms with Crippen LogP contribution in [0.25, 0.3) is 0 Å². The molecule has 1 aromatic heterocycles. The van der Waals surface area contributed by atoms with Crippen molar-refractivity contribution in [3.05, 3.63) is 66.0 Å². The summed E-state index contributed by atoms with van der Waals surface area (Å²) in [6.45, 7) is 7.34. The Kier molecular flexibility index (Phi) is 7.81. The molecular weight excluding hydrogens is 504 g/mol. The number of sulfonamides is 2. The number of hydrogen-bond acceptors (Lipinski definition) is 7. The van der Waals surface area contributed by atoms with E-state index in [0.717, 1.165) is 5.56 Å². The maximum atomic E-state index is 13.1. The molecule has 194 valence electrons. The summed E-state index contributed by atoms with van der Waals surface area (Å²) < 4.78 is 68.6. The molecule has 1 unspecified atom stereocenters. The van der Waals surface area contributed by atoms with Gasteiger partial charge in [0.1, 0.15) is 5.75 Å². The Morgan fingerprint density at radius 2 is 1.61 bits per heavy atom. The highest BCUT2D eigenvalue weighted by molar-refractivity contribution is 7.89. The zero-order valence-electron chi connectivity index (χ0n) is 20.4. The number of imidazole rings is 1. The summed E-state index contributed by atoms with van der Waals surface area (Å²) in [5.74, 6) is 0.632. The minimum absolute atomic E-state index is 0.0334. The van der Waals surface area contributed by atoms with Gasteiger partial charge in [-0.05, 0) is 57.2 Å². The first-order chi connectivity index (χ1) is 17.1. The Bertz CT molecular complexity index is 1400. The number of aryl methyl sites for hydroxylation is 1. The summed E-state index contributed by atoms with van der Waals surface area (Å²) in [6.07, 6.45) is 1.58. The number of morpholine rings is 1. The molecule has 0 spiro atoms. The Morgan fingerprint density at radius 1 is 1.00 bits per heavy atom. The van der Waals surface area contributed by atoms with Crippen LogP contribution in [-0.2, 0) is 31.3 Å². The molecule has 4 rings (SSSR count). The van der Waals surface area contributed by atoms with Crippen LogP contribution in [0.4, 0.5) is 0 Å². The molecule has 0 amide bonds. The molecule has 2 heterocycles. The van der Waals surface area contributed by atoms with Crippen LogP contribution in [0.5, 0.6) is 11.8 Å². The van der Waals surface area contributed by atoms with Gasteiger partial charge < -0.3 is 9.47 Å². The zero-order valence-corrected chi connectivity index (χ0v) is 22.0. The van der Waals surface area contributed by atoms with Crippen LogP contribution in [0.2, 0.25) is 0 Å². The monoisotopic (exact) mass is 534 g/mol. The van der Waals surface area contributed by atoms with Crippen LogP contribution in [0.3, 0.4) is 0 Å². The second kappa shape index (κ2) is 10.7. The maximum Gasteiger partial charge on any atom is 0.302 e. The van der Waals surface area contributed by atoms with Gasteiger partial charge in [-0.2, -0.15) is 4.31 Å². The highest BCUT2D eigenvalue weighted by atomic mass is 32.2. The molecule has 0 saturated carbocycles. The summed E-state index contributed by atoms with van der Waals surface area (Å²) in [5, 5.41) is 0. The molecule has 1 atom stereocenters. The van der Waals surface area contributed by atoms with Crippen LogP contribution in [0, 0.1) is 6.92 Å². The fraction of sp³-hybridized carbons (Fsp3) is 0.375. The number of rotatable bonds is 9. The smallest absolute Gasteiger partial charge is 0.302 e. The summed E-state index contributed by atoms with van der Waals surface area (Å²) >= 11 is 0. The van der Waals surface area contributed by atoms with E-state index >= 15 is 0 Å². The van der Waals surface area contributed by atoms with Crippen molar-refractivity contribution in [2.45, 2.75) is 43.1 Å².